The number of halogens is 2. The second kappa shape index (κ2) is 9.39. The Kier molecular flexibility index (Phi) is 6.29. The monoisotopic (exact) mass is 495 g/mol. The van der Waals surface area contributed by atoms with Gasteiger partial charge in [0.2, 0.25) is 0 Å². The molecule has 1 aromatic heterocycles. The van der Waals surface area contributed by atoms with Gasteiger partial charge in [0.05, 0.1) is 28.4 Å². The van der Waals surface area contributed by atoms with Gasteiger partial charge in [0, 0.05) is 29.0 Å². The molecule has 0 radical (unpaired) electrons. The fraction of sp³-hybridized carbons (Fsp3) is 0.231. The van der Waals surface area contributed by atoms with Crippen LogP contribution < -0.4 is 5.32 Å². The molecular weight excluding hydrogens is 473 g/mol. The fourth-order valence-electron chi connectivity index (χ4n) is 4.59. The van der Waals surface area contributed by atoms with E-state index in [1.807, 2.05) is 18.2 Å². The van der Waals surface area contributed by atoms with Crippen LogP contribution >= 0.6 is 11.6 Å². The third kappa shape index (κ3) is 4.30. The van der Waals surface area contributed by atoms with Gasteiger partial charge in [-0.25, -0.2) is 9.07 Å². The summed E-state index contributed by atoms with van der Waals surface area (Å²) < 4.78 is 15.2. The van der Waals surface area contributed by atoms with Crippen molar-refractivity contribution in [2.45, 2.75) is 24.7 Å². The minimum Gasteiger partial charge on any atom is -0.396 e. The van der Waals surface area contributed by atoms with Gasteiger partial charge in [-0.2, -0.15) is 5.10 Å². The Balaban J connectivity index is 1.57. The molecule has 7 nitrogen and oxygen atoms in total. The summed E-state index contributed by atoms with van der Waals surface area (Å²) >= 11 is 6.44. The van der Waals surface area contributed by atoms with Gasteiger partial charge in [0.15, 0.2) is 0 Å². The predicted octanol–water partition coefficient (Wildman–Crippen LogP) is 3.32. The summed E-state index contributed by atoms with van der Waals surface area (Å²) in [4.78, 5) is 13.0. The number of aliphatic hydroxyl groups is 3. The molecule has 5 rings (SSSR count). The number of nitrogens with one attached hydrogen (secondary N) is 1. The second-order valence-electron chi connectivity index (χ2n) is 8.69. The number of hydrogen-bond donors (Lipinski definition) is 4. The van der Waals surface area contributed by atoms with E-state index in [0.717, 1.165) is 10.9 Å². The van der Waals surface area contributed by atoms with E-state index in [2.05, 4.69) is 5.32 Å². The predicted molar refractivity (Wildman–Crippen MR) is 130 cm³/mol. The van der Waals surface area contributed by atoms with Crippen molar-refractivity contribution >= 4 is 28.4 Å². The number of rotatable bonds is 5. The Morgan fingerprint density at radius 3 is 2.51 bits per heavy atom. The SMILES string of the molecule is O=C(N[C@@H]1C[C@H](CO)[C@@H](O)[C@H]1O)c1ccc2c(-c3ccccc3Cl)nn(-c3ccc(F)cc3)c2c1. The summed E-state index contributed by atoms with van der Waals surface area (Å²) in [5, 5.41) is 38.5. The van der Waals surface area contributed by atoms with Crippen LogP contribution in [-0.4, -0.2) is 55.9 Å². The third-order valence-electron chi connectivity index (χ3n) is 6.50. The molecule has 0 unspecified atom stereocenters. The molecule has 9 heteroatoms. The molecule has 4 N–H and O–H groups in total. The minimum absolute atomic E-state index is 0.261. The van der Waals surface area contributed by atoms with E-state index in [1.165, 1.54) is 12.1 Å². The van der Waals surface area contributed by atoms with Crippen LogP contribution in [0.15, 0.2) is 66.7 Å². The fourth-order valence-corrected chi connectivity index (χ4v) is 4.81. The zero-order valence-corrected chi connectivity index (χ0v) is 19.2. The zero-order valence-electron chi connectivity index (χ0n) is 18.5. The zero-order chi connectivity index (χ0) is 24.7. The lowest BCUT2D eigenvalue weighted by atomic mass is 10.1. The lowest BCUT2D eigenvalue weighted by Crippen LogP contribution is -2.43. The van der Waals surface area contributed by atoms with E-state index in [9.17, 15) is 24.5 Å². The summed E-state index contributed by atoms with van der Waals surface area (Å²) in [7, 11) is 0. The number of nitrogens with zero attached hydrogens (tertiary/aromatic N) is 2. The number of aliphatic hydroxyl groups excluding tert-OH is 3. The molecule has 35 heavy (non-hydrogen) atoms. The normalized spacial score (nSPS) is 22.0. The second-order valence-corrected chi connectivity index (χ2v) is 9.10. The number of benzene rings is 3. The molecule has 1 aliphatic carbocycles. The van der Waals surface area contributed by atoms with E-state index in [4.69, 9.17) is 16.7 Å². The van der Waals surface area contributed by atoms with Gasteiger partial charge in [0.1, 0.15) is 17.6 Å². The van der Waals surface area contributed by atoms with E-state index in [1.54, 1.807) is 41.1 Å². The highest BCUT2D eigenvalue weighted by Crippen LogP contribution is 2.34. The summed E-state index contributed by atoms with van der Waals surface area (Å²) in [5.41, 5.74) is 2.87. The summed E-state index contributed by atoms with van der Waals surface area (Å²) in [5.74, 6) is -1.32. The Bertz CT molecular complexity index is 1390. The molecule has 0 bridgehead atoms. The first kappa shape index (κ1) is 23.4. The molecule has 180 valence electrons. The topological polar surface area (TPSA) is 108 Å². The summed E-state index contributed by atoms with van der Waals surface area (Å²) in [6.07, 6.45) is -2.01. The highest BCUT2D eigenvalue weighted by Gasteiger charge is 2.41. The Labute approximate surface area is 205 Å². The standard InChI is InChI=1S/C26H23ClFN3O4/c27-20-4-2-1-3-18(20)23-19-10-5-14(26(35)29-21-11-15(13-32)24(33)25(21)34)12-22(19)31(30-23)17-8-6-16(28)7-9-17/h1-10,12,15,21,24-25,32-34H,11,13H2,(H,29,35)/t15-,21-,24-,25+/m1/s1. The van der Waals surface area contributed by atoms with Crippen molar-refractivity contribution in [3.05, 3.63) is 83.1 Å². The molecule has 4 aromatic rings. The average Bonchev–Trinajstić information content (AvgIpc) is 3.37. The molecule has 3 aromatic carbocycles. The number of amides is 1. The Morgan fingerprint density at radius 1 is 1.09 bits per heavy atom. The smallest absolute Gasteiger partial charge is 0.251 e. The third-order valence-corrected chi connectivity index (χ3v) is 6.83. The van der Waals surface area contributed by atoms with Crippen LogP contribution in [0.1, 0.15) is 16.8 Å². The van der Waals surface area contributed by atoms with Gasteiger partial charge in [-0.1, -0.05) is 29.8 Å². The number of fused-ring (bicyclic) bond motifs is 1. The van der Waals surface area contributed by atoms with E-state index < -0.39 is 30.1 Å². The molecule has 0 spiro atoms. The van der Waals surface area contributed by atoms with Crippen molar-refractivity contribution in [3.63, 3.8) is 0 Å². The van der Waals surface area contributed by atoms with Gasteiger partial charge in [-0.3, -0.25) is 4.79 Å². The maximum Gasteiger partial charge on any atom is 0.251 e. The summed E-state index contributed by atoms with van der Waals surface area (Å²) in [6.45, 7) is -0.280. The maximum atomic E-state index is 13.6. The molecule has 1 heterocycles. The Hall–Kier alpha value is -3.30. The highest BCUT2D eigenvalue weighted by molar-refractivity contribution is 6.33. The van der Waals surface area contributed by atoms with Gasteiger partial charge >= 0.3 is 0 Å². The van der Waals surface area contributed by atoms with Crippen molar-refractivity contribution < 1.29 is 24.5 Å². The van der Waals surface area contributed by atoms with Gasteiger partial charge < -0.3 is 20.6 Å². The molecule has 1 saturated carbocycles. The number of aromatic nitrogens is 2. The maximum absolute atomic E-state index is 13.6. The van der Waals surface area contributed by atoms with Crippen molar-refractivity contribution in [2.24, 2.45) is 5.92 Å². The molecule has 0 aliphatic heterocycles. The first-order valence-electron chi connectivity index (χ1n) is 11.2. The lowest BCUT2D eigenvalue weighted by Gasteiger charge is -2.18. The van der Waals surface area contributed by atoms with E-state index in [-0.39, 0.29) is 18.8 Å². The van der Waals surface area contributed by atoms with Crippen LogP contribution in [0.4, 0.5) is 4.39 Å². The Morgan fingerprint density at radius 2 is 1.83 bits per heavy atom. The van der Waals surface area contributed by atoms with E-state index >= 15 is 0 Å². The van der Waals surface area contributed by atoms with E-state index in [0.29, 0.717) is 27.5 Å². The first-order valence-corrected chi connectivity index (χ1v) is 11.6. The van der Waals surface area contributed by atoms with Crippen molar-refractivity contribution in [2.75, 3.05) is 6.61 Å². The number of carbonyl (C=O) groups is 1. The molecule has 1 aliphatic rings. The van der Waals surface area contributed by atoms with Crippen molar-refractivity contribution in [3.8, 4) is 16.9 Å². The molecule has 1 fully saturated rings. The molecule has 0 saturated heterocycles. The van der Waals surface area contributed by atoms with Gasteiger partial charge in [-0.05, 0) is 55.0 Å². The first-order chi connectivity index (χ1) is 16.9. The van der Waals surface area contributed by atoms with Gasteiger partial charge in [-0.15, -0.1) is 0 Å². The highest BCUT2D eigenvalue weighted by atomic mass is 35.5. The minimum atomic E-state index is -1.17. The molecule has 1 amide bonds. The van der Waals surface area contributed by atoms with Crippen LogP contribution in [0.3, 0.4) is 0 Å². The largest absolute Gasteiger partial charge is 0.396 e. The molecule has 4 atom stereocenters. The molecular formula is C26H23ClFN3O4. The number of carbonyl (C=O) groups excluding carboxylic acids is 1. The number of hydrogen-bond acceptors (Lipinski definition) is 5. The van der Waals surface area contributed by atoms with Crippen LogP contribution in [0.2, 0.25) is 5.02 Å². The van der Waals surface area contributed by atoms with Crippen LogP contribution in [-0.2, 0) is 0 Å². The van der Waals surface area contributed by atoms with Crippen molar-refractivity contribution in [1.29, 1.82) is 0 Å². The van der Waals surface area contributed by atoms with Crippen LogP contribution in [0.25, 0.3) is 27.8 Å². The van der Waals surface area contributed by atoms with Crippen molar-refractivity contribution in [1.82, 2.24) is 15.1 Å². The average molecular weight is 496 g/mol. The van der Waals surface area contributed by atoms with Gasteiger partial charge in [0.25, 0.3) is 5.91 Å². The van der Waals surface area contributed by atoms with Crippen LogP contribution in [0.5, 0.6) is 0 Å². The lowest BCUT2D eigenvalue weighted by molar-refractivity contribution is 0.000136. The summed E-state index contributed by atoms with van der Waals surface area (Å²) in [6, 6.07) is 17.5. The van der Waals surface area contributed by atoms with Crippen LogP contribution in [0, 0.1) is 11.7 Å². The quantitative estimate of drug-likeness (QED) is 0.340.